The van der Waals surface area contributed by atoms with Crippen molar-refractivity contribution in [2.45, 2.75) is 25.2 Å². The Kier molecular flexibility index (Phi) is 2.72. The molecular formula is C12H16N4S. The number of aromatic amines is 1. The van der Waals surface area contributed by atoms with Crippen LogP contribution in [0.3, 0.4) is 0 Å². The summed E-state index contributed by atoms with van der Waals surface area (Å²) < 4.78 is 0. The van der Waals surface area contributed by atoms with Crippen LogP contribution in [0.15, 0.2) is 17.5 Å². The summed E-state index contributed by atoms with van der Waals surface area (Å²) >= 11 is 1.67. The van der Waals surface area contributed by atoms with E-state index in [2.05, 4.69) is 38.9 Å². The number of rotatable bonds is 2. The number of hydrogen-bond acceptors (Lipinski definition) is 4. The molecule has 2 aromatic heterocycles. The van der Waals surface area contributed by atoms with Crippen molar-refractivity contribution in [3.63, 3.8) is 0 Å². The first kappa shape index (κ1) is 10.9. The van der Waals surface area contributed by atoms with E-state index in [1.54, 1.807) is 11.3 Å². The molecule has 90 valence electrons. The molecule has 0 spiro atoms. The highest BCUT2D eigenvalue weighted by Gasteiger charge is 2.32. The smallest absolute Gasteiger partial charge is 0.191 e. The summed E-state index contributed by atoms with van der Waals surface area (Å²) in [5.41, 5.74) is 0.0980. The van der Waals surface area contributed by atoms with E-state index in [0.29, 0.717) is 0 Å². The van der Waals surface area contributed by atoms with Crippen LogP contribution in [0.4, 0.5) is 0 Å². The summed E-state index contributed by atoms with van der Waals surface area (Å²) in [6.07, 6.45) is 2.37. The van der Waals surface area contributed by atoms with Gasteiger partial charge in [-0.3, -0.25) is 5.10 Å². The van der Waals surface area contributed by atoms with Crippen molar-refractivity contribution in [1.82, 2.24) is 20.5 Å². The lowest BCUT2D eigenvalue weighted by Gasteiger charge is -2.31. The molecular weight excluding hydrogens is 232 g/mol. The van der Waals surface area contributed by atoms with Crippen LogP contribution < -0.4 is 5.32 Å². The molecule has 1 unspecified atom stereocenters. The third kappa shape index (κ3) is 2.00. The number of nitrogens with one attached hydrogen (secondary N) is 2. The predicted molar refractivity (Wildman–Crippen MR) is 69.2 cm³/mol. The SMILES string of the molecule is CC1(c2nc(-c3cccs3)n[nH]2)CCCNC1. The van der Waals surface area contributed by atoms with E-state index in [-0.39, 0.29) is 5.41 Å². The fraction of sp³-hybridized carbons (Fsp3) is 0.500. The Bertz CT molecular complexity index is 482. The summed E-state index contributed by atoms with van der Waals surface area (Å²) in [4.78, 5) is 5.78. The maximum atomic E-state index is 4.65. The zero-order valence-corrected chi connectivity index (χ0v) is 10.7. The first-order chi connectivity index (χ1) is 8.28. The van der Waals surface area contributed by atoms with E-state index in [4.69, 9.17) is 0 Å². The van der Waals surface area contributed by atoms with Crippen LogP contribution in [0.2, 0.25) is 0 Å². The van der Waals surface area contributed by atoms with E-state index in [1.807, 2.05) is 6.07 Å². The maximum absolute atomic E-state index is 4.65. The molecule has 0 aromatic carbocycles. The molecule has 1 saturated heterocycles. The van der Waals surface area contributed by atoms with Crippen molar-refractivity contribution in [1.29, 1.82) is 0 Å². The van der Waals surface area contributed by atoms with Crippen LogP contribution >= 0.6 is 11.3 Å². The molecule has 3 heterocycles. The first-order valence-corrected chi connectivity index (χ1v) is 6.83. The Morgan fingerprint density at radius 2 is 2.41 bits per heavy atom. The number of aromatic nitrogens is 3. The molecule has 0 amide bonds. The minimum absolute atomic E-state index is 0.0980. The molecule has 2 N–H and O–H groups in total. The molecule has 1 fully saturated rings. The molecule has 0 radical (unpaired) electrons. The van der Waals surface area contributed by atoms with Crippen LogP contribution in [0.1, 0.15) is 25.6 Å². The van der Waals surface area contributed by atoms with Gasteiger partial charge in [0.15, 0.2) is 5.82 Å². The number of nitrogens with zero attached hydrogens (tertiary/aromatic N) is 2. The summed E-state index contributed by atoms with van der Waals surface area (Å²) in [6, 6.07) is 4.08. The number of thiophene rings is 1. The Hall–Kier alpha value is -1.20. The second-order valence-corrected chi connectivity index (χ2v) is 5.77. The minimum Gasteiger partial charge on any atom is -0.316 e. The standard InChI is InChI=1S/C12H16N4S/c1-12(5-3-6-13-8-12)11-14-10(15-16-11)9-4-2-7-17-9/h2,4,7,13H,3,5-6,8H2,1H3,(H,14,15,16). The van der Waals surface area contributed by atoms with Crippen molar-refractivity contribution in [3.8, 4) is 10.7 Å². The third-order valence-electron chi connectivity index (χ3n) is 3.40. The lowest BCUT2D eigenvalue weighted by molar-refractivity contribution is 0.324. The molecule has 5 heteroatoms. The molecule has 2 aromatic rings. The van der Waals surface area contributed by atoms with Gasteiger partial charge in [0.1, 0.15) is 5.82 Å². The van der Waals surface area contributed by atoms with Gasteiger partial charge in [-0.2, -0.15) is 5.10 Å². The van der Waals surface area contributed by atoms with Crippen molar-refractivity contribution in [2.24, 2.45) is 0 Å². The van der Waals surface area contributed by atoms with Crippen LogP contribution in [-0.4, -0.2) is 28.3 Å². The third-order valence-corrected chi connectivity index (χ3v) is 4.26. The predicted octanol–water partition coefficient (Wildman–Crippen LogP) is 2.17. The molecule has 0 bridgehead atoms. The van der Waals surface area contributed by atoms with Gasteiger partial charge in [0.2, 0.25) is 0 Å². The van der Waals surface area contributed by atoms with Crippen molar-refractivity contribution in [3.05, 3.63) is 23.3 Å². The Morgan fingerprint density at radius 3 is 3.12 bits per heavy atom. The van der Waals surface area contributed by atoms with E-state index in [9.17, 15) is 0 Å². The summed E-state index contributed by atoms with van der Waals surface area (Å²) in [6.45, 7) is 4.34. The van der Waals surface area contributed by atoms with Crippen LogP contribution in [-0.2, 0) is 5.41 Å². The Balaban J connectivity index is 1.89. The van der Waals surface area contributed by atoms with E-state index in [0.717, 1.165) is 29.6 Å². The molecule has 1 atom stereocenters. The van der Waals surface area contributed by atoms with Gasteiger partial charge >= 0.3 is 0 Å². The van der Waals surface area contributed by atoms with Crippen LogP contribution in [0.5, 0.6) is 0 Å². The van der Waals surface area contributed by atoms with Crippen LogP contribution in [0, 0.1) is 0 Å². The minimum atomic E-state index is 0.0980. The Labute approximate surface area is 104 Å². The van der Waals surface area contributed by atoms with Gasteiger partial charge < -0.3 is 5.32 Å². The molecule has 0 saturated carbocycles. The van der Waals surface area contributed by atoms with Gasteiger partial charge in [-0.15, -0.1) is 11.3 Å². The monoisotopic (exact) mass is 248 g/mol. The van der Waals surface area contributed by atoms with Crippen LogP contribution in [0.25, 0.3) is 10.7 Å². The summed E-state index contributed by atoms with van der Waals surface area (Å²) in [5.74, 6) is 1.83. The highest BCUT2D eigenvalue weighted by Crippen LogP contribution is 2.30. The quantitative estimate of drug-likeness (QED) is 0.856. The van der Waals surface area contributed by atoms with Gasteiger partial charge in [0.25, 0.3) is 0 Å². The van der Waals surface area contributed by atoms with Gasteiger partial charge in [0, 0.05) is 12.0 Å². The van der Waals surface area contributed by atoms with E-state index < -0.39 is 0 Å². The second-order valence-electron chi connectivity index (χ2n) is 4.83. The Morgan fingerprint density at radius 1 is 1.47 bits per heavy atom. The molecule has 0 aliphatic carbocycles. The van der Waals surface area contributed by atoms with Crippen molar-refractivity contribution < 1.29 is 0 Å². The van der Waals surface area contributed by atoms with Gasteiger partial charge in [-0.1, -0.05) is 13.0 Å². The average molecular weight is 248 g/mol. The fourth-order valence-corrected chi connectivity index (χ4v) is 2.96. The van der Waals surface area contributed by atoms with Gasteiger partial charge in [0.05, 0.1) is 4.88 Å². The zero-order valence-electron chi connectivity index (χ0n) is 9.86. The zero-order chi connectivity index (χ0) is 11.7. The van der Waals surface area contributed by atoms with Gasteiger partial charge in [-0.25, -0.2) is 4.98 Å². The van der Waals surface area contributed by atoms with E-state index in [1.165, 1.54) is 12.8 Å². The van der Waals surface area contributed by atoms with Crippen molar-refractivity contribution >= 4 is 11.3 Å². The number of piperidine rings is 1. The molecule has 17 heavy (non-hydrogen) atoms. The highest BCUT2D eigenvalue weighted by molar-refractivity contribution is 7.13. The highest BCUT2D eigenvalue weighted by atomic mass is 32.1. The first-order valence-electron chi connectivity index (χ1n) is 5.95. The topological polar surface area (TPSA) is 53.6 Å². The second kappa shape index (κ2) is 4.23. The largest absolute Gasteiger partial charge is 0.316 e. The molecule has 3 rings (SSSR count). The fourth-order valence-electron chi connectivity index (χ4n) is 2.31. The average Bonchev–Trinajstić information content (AvgIpc) is 3.01. The molecule has 1 aliphatic rings. The van der Waals surface area contributed by atoms with Gasteiger partial charge in [-0.05, 0) is 30.8 Å². The maximum Gasteiger partial charge on any atom is 0.191 e. The lowest BCUT2D eigenvalue weighted by atomic mass is 9.82. The summed E-state index contributed by atoms with van der Waals surface area (Å²) in [5, 5.41) is 12.9. The number of hydrogen-bond donors (Lipinski definition) is 2. The summed E-state index contributed by atoms with van der Waals surface area (Å²) in [7, 11) is 0. The molecule has 1 aliphatic heterocycles. The number of H-pyrrole nitrogens is 1. The normalized spacial score (nSPS) is 25.0. The van der Waals surface area contributed by atoms with E-state index >= 15 is 0 Å². The van der Waals surface area contributed by atoms with Crippen molar-refractivity contribution in [2.75, 3.05) is 13.1 Å². The lowest BCUT2D eigenvalue weighted by Crippen LogP contribution is -2.41. The molecule has 4 nitrogen and oxygen atoms in total.